The van der Waals surface area contributed by atoms with Gasteiger partial charge in [-0.1, -0.05) is 24.3 Å². The average Bonchev–Trinajstić information content (AvgIpc) is 2.90. The third kappa shape index (κ3) is 3.25. The zero-order chi connectivity index (χ0) is 13.8. The number of aldehydes is 1. The molecule has 104 valence electrons. The highest BCUT2D eigenvalue weighted by Gasteiger charge is 2.19. The van der Waals surface area contributed by atoms with Gasteiger partial charge in [-0.15, -0.1) is 11.3 Å². The van der Waals surface area contributed by atoms with Gasteiger partial charge in [0.05, 0.1) is 12.2 Å². The molecule has 1 fully saturated rings. The van der Waals surface area contributed by atoms with Crippen LogP contribution in [0.25, 0.3) is 10.6 Å². The van der Waals surface area contributed by atoms with Gasteiger partial charge >= 0.3 is 0 Å². The summed E-state index contributed by atoms with van der Waals surface area (Å²) in [5.74, 6) is 0. The summed E-state index contributed by atoms with van der Waals surface area (Å²) in [7, 11) is 0. The van der Waals surface area contributed by atoms with Gasteiger partial charge in [0.2, 0.25) is 12.3 Å². The monoisotopic (exact) mass is 308 g/mol. The van der Waals surface area contributed by atoms with E-state index in [4.69, 9.17) is 8.57 Å². The third-order valence-corrected chi connectivity index (χ3v) is 4.20. The molecular weight excluding hydrogens is 296 g/mol. The van der Waals surface area contributed by atoms with E-state index in [1.807, 2.05) is 29.6 Å². The highest BCUT2D eigenvalue weighted by molar-refractivity contribution is 7.90. The van der Waals surface area contributed by atoms with Gasteiger partial charge in [0.15, 0.2) is 0 Å². The van der Waals surface area contributed by atoms with E-state index in [2.05, 4.69) is 4.98 Å². The second kappa shape index (κ2) is 6.47. The highest BCUT2D eigenvalue weighted by atomic mass is 32.2. The molecule has 0 spiro atoms. The number of rotatable bonds is 6. The Morgan fingerprint density at radius 2 is 2.05 bits per heavy atom. The maximum atomic E-state index is 10.4. The number of aryl methyl sites for hydroxylation is 1. The Balaban J connectivity index is 1.66. The van der Waals surface area contributed by atoms with Crippen molar-refractivity contribution in [1.29, 1.82) is 0 Å². The van der Waals surface area contributed by atoms with Gasteiger partial charge in [0.1, 0.15) is 11.3 Å². The van der Waals surface area contributed by atoms with E-state index in [9.17, 15) is 4.79 Å². The quantitative estimate of drug-likeness (QED) is 0.603. The van der Waals surface area contributed by atoms with Crippen LogP contribution in [0.15, 0.2) is 29.6 Å². The molecular formula is C13H12N2O3S2. The van der Waals surface area contributed by atoms with Gasteiger partial charge < -0.3 is 4.79 Å². The summed E-state index contributed by atoms with van der Waals surface area (Å²) in [4.78, 5) is 14.9. The summed E-state index contributed by atoms with van der Waals surface area (Å²) >= 11 is 2.56. The Hall–Kier alpha value is -1.25. The maximum Gasteiger partial charge on any atom is 0.203 e. The lowest BCUT2D eigenvalue weighted by atomic mass is 10.1. The van der Waals surface area contributed by atoms with Crippen molar-refractivity contribution in [2.24, 2.45) is 0 Å². The predicted octanol–water partition coefficient (Wildman–Crippen LogP) is 3.18. The van der Waals surface area contributed by atoms with E-state index in [-0.39, 0.29) is 0 Å². The average molecular weight is 308 g/mol. The summed E-state index contributed by atoms with van der Waals surface area (Å²) < 4.78 is 9.96. The Kier molecular flexibility index (Phi) is 4.44. The molecule has 1 saturated heterocycles. The van der Waals surface area contributed by atoms with Crippen LogP contribution in [0.4, 0.5) is 0 Å². The van der Waals surface area contributed by atoms with E-state index in [1.54, 1.807) is 11.3 Å². The SMILES string of the molecule is O=CCCc1csc(-c2ccc(CN3OSO3)cc2)n1. The summed E-state index contributed by atoms with van der Waals surface area (Å²) in [6, 6.07) is 8.12. The lowest BCUT2D eigenvalue weighted by Crippen LogP contribution is -2.26. The number of carbonyl (C=O) groups is 1. The van der Waals surface area contributed by atoms with Crippen molar-refractivity contribution in [2.75, 3.05) is 0 Å². The number of thiazole rings is 1. The first-order chi connectivity index (χ1) is 9.85. The van der Waals surface area contributed by atoms with Crippen molar-refractivity contribution in [1.82, 2.24) is 10.2 Å². The van der Waals surface area contributed by atoms with Crippen LogP contribution < -0.4 is 0 Å². The number of hydrogen-bond donors (Lipinski definition) is 0. The standard InChI is InChI=1S/C13H12N2O3S2/c16-7-1-2-12-9-19-13(14-12)11-5-3-10(4-6-11)8-15-17-20-18-15/h3-7,9H,1-2,8H2. The zero-order valence-electron chi connectivity index (χ0n) is 10.5. The van der Waals surface area contributed by atoms with E-state index in [1.165, 1.54) is 5.23 Å². The molecule has 2 heterocycles. The van der Waals surface area contributed by atoms with Gasteiger partial charge in [-0.3, -0.25) is 0 Å². The summed E-state index contributed by atoms with van der Waals surface area (Å²) in [5.41, 5.74) is 3.16. The van der Waals surface area contributed by atoms with E-state index >= 15 is 0 Å². The summed E-state index contributed by atoms with van der Waals surface area (Å²) in [5, 5.41) is 4.40. The lowest BCUT2D eigenvalue weighted by Gasteiger charge is -2.24. The zero-order valence-corrected chi connectivity index (χ0v) is 12.2. The first kappa shape index (κ1) is 13.7. The van der Waals surface area contributed by atoms with Crippen LogP contribution in [0.2, 0.25) is 0 Å². The number of aromatic nitrogens is 1. The van der Waals surface area contributed by atoms with Crippen molar-refractivity contribution >= 4 is 29.9 Å². The van der Waals surface area contributed by atoms with Crippen molar-refractivity contribution in [3.05, 3.63) is 40.9 Å². The van der Waals surface area contributed by atoms with Crippen LogP contribution in [-0.4, -0.2) is 16.5 Å². The number of carbonyl (C=O) groups excluding carboxylic acids is 1. The van der Waals surface area contributed by atoms with Crippen LogP contribution in [-0.2, 0) is 26.3 Å². The molecule has 7 heteroatoms. The van der Waals surface area contributed by atoms with Crippen molar-refractivity contribution in [3.63, 3.8) is 0 Å². The molecule has 20 heavy (non-hydrogen) atoms. The Morgan fingerprint density at radius 3 is 2.70 bits per heavy atom. The fraction of sp³-hybridized carbons (Fsp3) is 0.231. The van der Waals surface area contributed by atoms with Gasteiger partial charge in [-0.05, 0) is 17.2 Å². The minimum absolute atomic E-state index is 0.524. The first-order valence-corrected chi connectivity index (χ1v) is 7.66. The molecule has 0 bridgehead atoms. The molecule has 1 aliphatic rings. The molecule has 0 radical (unpaired) electrons. The topological polar surface area (TPSA) is 51.7 Å². The molecule has 0 atom stereocenters. The Labute approximate surface area is 124 Å². The maximum absolute atomic E-state index is 10.4. The van der Waals surface area contributed by atoms with E-state index < -0.39 is 0 Å². The van der Waals surface area contributed by atoms with Crippen molar-refractivity contribution in [2.45, 2.75) is 19.4 Å². The Bertz CT molecular complexity index is 582. The number of hydroxylamine groups is 2. The molecule has 5 nitrogen and oxygen atoms in total. The van der Waals surface area contributed by atoms with Crippen LogP contribution in [0.1, 0.15) is 17.7 Å². The molecule has 1 aromatic carbocycles. The second-order valence-corrected chi connectivity index (χ2v) is 5.55. The normalized spacial score (nSPS) is 15.0. The molecule has 2 aromatic rings. The van der Waals surface area contributed by atoms with Gasteiger partial charge in [0.25, 0.3) is 0 Å². The Morgan fingerprint density at radius 1 is 1.25 bits per heavy atom. The molecule has 1 aliphatic heterocycles. The third-order valence-electron chi connectivity index (χ3n) is 2.81. The van der Waals surface area contributed by atoms with Gasteiger partial charge in [0, 0.05) is 17.4 Å². The minimum Gasteiger partial charge on any atom is -0.303 e. The fourth-order valence-corrected chi connectivity index (χ4v) is 2.90. The van der Waals surface area contributed by atoms with Gasteiger partial charge in [-0.2, -0.15) is 8.57 Å². The number of benzene rings is 1. The lowest BCUT2D eigenvalue weighted by molar-refractivity contribution is -0.309. The first-order valence-electron chi connectivity index (χ1n) is 6.11. The van der Waals surface area contributed by atoms with Crippen LogP contribution in [0.5, 0.6) is 0 Å². The molecule has 0 unspecified atom stereocenters. The minimum atomic E-state index is 0.524. The van der Waals surface area contributed by atoms with E-state index in [0.29, 0.717) is 19.4 Å². The number of nitrogens with zero attached hydrogens (tertiary/aromatic N) is 2. The molecule has 0 aliphatic carbocycles. The van der Waals surface area contributed by atoms with Crippen LogP contribution in [0, 0.1) is 0 Å². The fourth-order valence-electron chi connectivity index (χ4n) is 1.79. The molecule has 0 N–H and O–H groups in total. The second-order valence-electron chi connectivity index (χ2n) is 4.25. The smallest absolute Gasteiger partial charge is 0.203 e. The van der Waals surface area contributed by atoms with Crippen molar-refractivity contribution in [3.8, 4) is 10.6 Å². The largest absolute Gasteiger partial charge is 0.303 e. The summed E-state index contributed by atoms with van der Waals surface area (Å²) in [6.07, 6.45) is 2.15. The highest BCUT2D eigenvalue weighted by Crippen LogP contribution is 2.27. The van der Waals surface area contributed by atoms with Crippen LogP contribution >= 0.6 is 23.7 Å². The molecule has 3 rings (SSSR count). The van der Waals surface area contributed by atoms with Crippen LogP contribution in [0.3, 0.4) is 0 Å². The molecule has 0 amide bonds. The van der Waals surface area contributed by atoms with Crippen molar-refractivity contribution < 1.29 is 13.4 Å². The molecule has 0 saturated carbocycles. The number of hydrogen-bond acceptors (Lipinski definition) is 7. The predicted molar refractivity (Wildman–Crippen MR) is 77.2 cm³/mol. The summed E-state index contributed by atoms with van der Waals surface area (Å²) in [6.45, 7) is 0.593. The molecule has 1 aromatic heterocycles. The van der Waals surface area contributed by atoms with E-state index in [0.717, 1.165) is 40.4 Å². The van der Waals surface area contributed by atoms with Gasteiger partial charge in [-0.25, -0.2) is 4.98 Å².